The van der Waals surface area contributed by atoms with Crippen LogP contribution in [0.3, 0.4) is 0 Å². The van der Waals surface area contributed by atoms with Crippen LogP contribution in [0.4, 0.5) is 5.69 Å². The highest BCUT2D eigenvalue weighted by Gasteiger charge is 2.30. The Kier molecular flexibility index (Phi) is 5.41. The van der Waals surface area contributed by atoms with Gasteiger partial charge in [-0.25, -0.2) is 0 Å². The average molecular weight is 354 g/mol. The van der Waals surface area contributed by atoms with E-state index in [9.17, 15) is 4.79 Å². The van der Waals surface area contributed by atoms with Crippen LogP contribution in [0.1, 0.15) is 18.9 Å². The van der Waals surface area contributed by atoms with Crippen molar-refractivity contribution < 1.29 is 4.79 Å². The van der Waals surface area contributed by atoms with Crippen molar-refractivity contribution in [1.82, 2.24) is 10.2 Å². The summed E-state index contributed by atoms with van der Waals surface area (Å²) in [6.07, 6.45) is 1.17. The number of hydrogen-bond acceptors (Lipinski definition) is 3. The minimum atomic E-state index is 0.0393. The second kappa shape index (κ2) is 6.90. The van der Waals surface area contributed by atoms with Gasteiger partial charge in [-0.15, -0.1) is 0 Å². The van der Waals surface area contributed by atoms with Gasteiger partial charge in [-0.2, -0.15) is 0 Å². The van der Waals surface area contributed by atoms with E-state index in [1.807, 2.05) is 32.2 Å². The number of anilines is 1. The highest BCUT2D eigenvalue weighted by Crippen LogP contribution is 2.25. The van der Waals surface area contributed by atoms with Gasteiger partial charge >= 0.3 is 0 Å². The Bertz CT molecular complexity index is 512. The Balaban J connectivity index is 1.86. The van der Waals surface area contributed by atoms with E-state index in [1.54, 1.807) is 0 Å². The second-order valence-corrected chi connectivity index (χ2v) is 7.33. The summed E-state index contributed by atoms with van der Waals surface area (Å²) in [5.74, 6) is 0.0393. The topological polar surface area (TPSA) is 44.4 Å². The molecule has 4 nitrogen and oxygen atoms in total. The monoisotopic (exact) mass is 353 g/mol. The molecule has 0 aliphatic carbocycles. The molecule has 1 saturated heterocycles. The van der Waals surface area contributed by atoms with E-state index >= 15 is 0 Å². The molecule has 1 fully saturated rings. The van der Waals surface area contributed by atoms with E-state index < -0.39 is 0 Å². The lowest BCUT2D eigenvalue weighted by molar-refractivity contribution is -0.117. The molecule has 1 aliphatic heterocycles. The fourth-order valence-corrected chi connectivity index (χ4v) is 3.39. The summed E-state index contributed by atoms with van der Waals surface area (Å²) >= 11 is 3.43. The first-order valence-electron chi connectivity index (χ1n) is 7.33. The fourth-order valence-electron chi connectivity index (χ4n) is 2.91. The molecule has 0 aromatic heterocycles. The summed E-state index contributed by atoms with van der Waals surface area (Å²) in [5, 5.41) is 6.38. The van der Waals surface area contributed by atoms with Crippen LogP contribution in [0.25, 0.3) is 0 Å². The molecular formula is C16H24BrN3O. The zero-order valence-corrected chi connectivity index (χ0v) is 14.6. The molecule has 2 rings (SSSR count). The van der Waals surface area contributed by atoms with E-state index in [2.05, 4.69) is 38.4 Å². The summed E-state index contributed by atoms with van der Waals surface area (Å²) < 4.78 is 1.02. The van der Waals surface area contributed by atoms with Crippen LogP contribution >= 0.6 is 15.9 Å². The van der Waals surface area contributed by atoms with Crippen LogP contribution in [-0.4, -0.2) is 44.0 Å². The third-order valence-electron chi connectivity index (χ3n) is 3.98. The highest BCUT2D eigenvalue weighted by atomic mass is 79.9. The van der Waals surface area contributed by atoms with E-state index in [-0.39, 0.29) is 11.3 Å². The lowest BCUT2D eigenvalue weighted by Crippen LogP contribution is -2.39. The number of amides is 1. The summed E-state index contributed by atoms with van der Waals surface area (Å²) in [4.78, 5) is 14.3. The Labute approximate surface area is 135 Å². The van der Waals surface area contributed by atoms with Gasteiger partial charge in [0.25, 0.3) is 0 Å². The Morgan fingerprint density at radius 3 is 2.90 bits per heavy atom. The van der Waals surface area contributed by atoms with Crippen molar-refractivity contribution in [3.05, 3.63) is 28.2 Å². The van der Waals surface area contributed by atoms with E-state index in [4.69, 9.17) is 0 Å². The number of likely N-dealkylation sites (N-methyl/N-ethyl adjacent to an activating group) is 1. The molecular weight excluding hydrogens is 330 g/mol. The van der Waals surface area contributed by atoms with Gasteiger partial charge < -0.3 is 10.6 Å². The Hall–Kier alpha value is -0.910. The van der Waals surface area contributed by atoms with Crippen molar-refractivity contribution in [3.8, 4) is 0 Å². The van der Waals surface area contributed by atoms with Gasteiger partial charge in [0.05, 0.1) is 6.54 Å². The summed E-state index contributed by atoms with van der Waals surface area (Å²) in [6, 6.07) is 5.88. The average Bonchev–Trinajstić information content (AvgIpc) is 2.78. The molecule has 1 aliphatic rings. The number of carbonyl (C=O) groups excluding carboxylic acids is 1. The van der Waals surface area contributed by atoms with Crippen LogP contribution < -0.4 is 10.6 Å². The summed E-state index contributed by atoms with van der Waals surface area (Å²) in [5.41, 5.74) is 2.22. The van der Waals surface area contributed by atoms with Gasteiger partial charge in [0, 0.05) is 23.2 Å². The molecule has 0 saturated carbocycles. The maximum absolute atomic E-state index is 12.2. The number of nitrogens with one attached hydrogen (secondary N) is 2. The molecule has 0 bridgehead atoms. The number of halogens is 1. The Morgan fingerprint density at radius 2 is 2.29 bits per heavy atom. The number of benzene rings is 1. The van der Waals surface area contributed by atoms with Crippen LogP contribution in [-0.2, 0) is 4.79 Å². The molecule has 1 aromatic rings. The molecule has 2 N–H and O–H groups in total. The van der Waals surface area contributed by atoms with Gasteiger partial charge in [0.15, 0.2) is 0 Å². The van der Waals surface area contributed by atoms with Crippen molar-refractivity contribution in [1.29, 1.82) is 0 Å². The highest BCUT2D eigenvalue weighted by molar-refractivity contribution is 9.10. The minimum absolute atomic E-state index is 0.0393. The third kappa shape index (κ3) is 4.80. The molecule has 0 radical (unpaired) electrons. The number of carbonyl (C=O) groups is 1. The predicted octanol–water partition coefficient (Wildman–Crippen LogP) is 2.63. The normalized spacial score (nSPS) is 21.8. The number of nitrogens with zero attached hydrogens (tertiary/aromatic N) is 1. The van der Waals surface area contributed by atoms with Gasteiger partial charge in [-0.05, 0) is 56.1 Å². The second-order valence-electron chi connectivity index (χ2n) is 6.42. The smallest absolute Gasteiger partial charge is 0.238 e. The first-order valence-corrected chi connectivity index (χ1v) is 8.13. The predicted molar refractivity (Wildman–Crippen MR) is 90.6 cm³/mol. The maximum atomic E-state index is 12.2. The van der Waals surface area contributed by atoms with E-state index in [0.29, 0.717) is 6.54 Å². The lowest BCUT2D eigenvalue weighted by Gasteiger charge is -2.28. The van der Waals surface area contributed by atoms with Crippen LogP contribution in [0.15, 0.2) is 22.7 Å². The molecule has 0 spiro atoms. The standard InChI is InChI=1S/C16H24BrN3O/c1-12-8-13(17)4-5-14(12)19-15(21)9-20(3)11-16(2)6-7-18-10-16/h4-5,8,18H,6-7,9-11H2,1-3H3,(H,19,21). The van der Waals surface area contributed by atoms with Gasteiger partial charge in [-0.1, -0.05) is 22.9 Å². The quantitative estimate of drug-likeness (QED) is 0.855. The first-order chi connectivity index (χ1) is 9.88. The zero-order valence-electron chi connectivity index (χ0n) is 13.0. The third-order valence-corrected chi connectivity index (χ3v) is 4.48. The number of aryl methyl sites for hydroxylation is 1. The van der Waals surface area contributed by atoms with Crippen LogP contribution in [0, 0.1) is 12.3 Å². The molecule has 1 amide bonds. The first kappa shape index (κ1) is 16.5. The van der Waals surface area contributed by atoms with Crippen molar-refractivity contribution in [2.75, 3.05) is 38.5 Å². The van der Waals surface area contributed by atoms with Crippen molar-refractivity contribution in [3.63, 3.8) is 0 Å². The fraction of sp³-hybridized carbons (Fsp3) is 0.562. The lowest BCUT2D eigenvalue weighted by atomic mass is 9.89. The van der Waals surface area contributed by atoms with Crippen molar-refractivity contribution >= 4 is 27.5 Å². The van der Waals surface area contributed by atoms with Crippen LogP contribution in [0.5, 0.6) is 0 Å². The summed E-state index contributed by atoms with van der Waals surface area (Å²) in [7, 11) is 2.01. The minimum Gasteiger partial charge on any atom is -0.325 e. The van der Waals surface area contributed by atoms with Gasteiger partial charge in [0.1, 0.15) is 0 Å². The maximum Gasteiger partial charge on any atom is 0.238 e. The van der Waals surface area contributed by atoms with Crippen molar-refractivity contribution in [2.24, 2.45) is 5.41 Å². The van der Waals surface area contributed by atoms with Gasteiger partial charge in [-0.3, -0.25) is 9.69 Å². The molecule has 116 valence electrons. The molecule has 5 heteroatoms. The Morgan fingerprint density at radius 1 is 1.52 bits per heavy atom. The molecule has 1 unspecified atom stereocenters. The summed E-state index contributed by atoms with van der Waals surface area (Å²) in [6.45, 7) is 7.74. The van der Waals surface area contributed by atoms with E-state index in [1.165, 1.54) is 6.42 Å². The van der Waals surface area contributed by atoms with Gasteiger partial charge in [0.2, 0.25) is 5.91 Å². The van der Waals surface area contributed by atoms with Crippen molar-refractivity contribution in [2.45, 2.75) is 20.3 Å². The molecule has 1 heterocycles. The number of rotatable bonds is 5. The SMILES string of the molecule is Cc1cc(Br)ccc1NC(=O)CN(C)CC1(C)CCNC1. The molecule has 21 heavy (non-hydrogen) atoms. The molecule has 1 aromatic carbocycles. The van der Waals surface area contributed by atoms with Crippen LogP contribution in [0.2, 0.25) is 0 Å². The molecule has 1 atom stereocenters. The number of hydrogen-bond donors (Lipinski definition) is 2. The largest absolute Gasteiger partial charge is 0.325 e. The van der Waals surface area contributed by atoms with E-state index in [0.717, 1.165) is 35.4 Å². The zero-order chi connectivity index (χ0) is 15.5.